The molecule has 164 valence electrons. The van der Waals surface area contributed by atoms with Crippen LogP contribution in [0, 0.1) is 6.92 Å². The predicted molar refractivity (Wildman–Crippen MR) is 126 cm³/mol. The third-order valence-electron chi connectivity index (χ3n) is 4.61. The number of carbonyl (C=O) groups is 1. The van der Waals surface area contributed by atoms with Crippen molar-refractivity contribution in [3.05, 3.63) is 35.7 Å². The van der Waals surface area contributed by atoms with Crippen LogP contribution < -0.4 is 9.64 Å². The van der Waals surface area contributed by atoms with Crippen LogP contribution in [0.1, 0.15) is 42.5 Å². The van der Waals surface area contributed by atoms with E-state index in [2.05, 4.69) is 10.00 Å². The van der Waals surface area contributed by atoms with Gasteiger partial charge in [0.05, 0.1) is 23.0 Å². The first-order valence-corrected chi connectivity index (χ1v) is 10.6. The molecular weight excluding hydrogens is 422 g/mol. The summed E-state index contributed by atoms with van der Waals surface area (Å²) in [6.45, 7) is 7.46. The van der Waals surface area contributed by atoms with Gasteiger partial charge in [-0.3, -0.25) is 14.4 Å². The average Bonchev–Trinajstić information content (AvgIpc) is 3.27. The molecule has 2 heterocycles. The molecule has 0 spiro atoms. The van der Waals surface area contributed by atoms with Crippen molar-refractivity contribution < 1.29 is 9.53 Å². The zero-order valence-corrected chi connectivity index (χ0v) is 20.0. The molecule has 0 N–H and O–H groups in total. The lowest BCUT2D eigenvalue weighted by molar-refractivity contribution is 0.0974. The Balaban J connectivity index is 0.00000320. The standard InChI is InChI=1S/C21H29N5O2S.ClH/c1-14(2)26-18(12-15(3)23-26)20(27)25(11-7-10-24(4)5)21-22-17-9-8-16(28-6)13-19(17)29-21;/h8-9,12-14H,7,10-11H2,1-6H3;1H. The Hall–Kier alpha value is -2.16. The number of carbonyl (C=O) groups excluding carboxylic acids is 1. The van der Waals surface area contributed by atoms with Gasteiger partial charge in [0.2, 0.25) is 0 Å². The third kappa shape index (κ3) is 5.30. The van der Waals surface area contributed by atoms with Gasteiger partial charge in [0.1, 0.15) is 11.4 Å². The highest BCUT2D eigenvalue weighted by molar-refractivity contribution is 7.22. The fourth-order valence-corrected chi connectivity index (χ4v) is 4.19. The molecule has 7 nitrogen and oxygen atoms in total. The summed E-state index contributed by atoms with van der Waals surface area (Å²) >= 11 is 1.51. The number of rotatable bonds is 8. The summed E-state index contributed by atoms with van der Waals surface area (Å²) in [7, 11) is 5.72. The summed E-state index contributed by atoms with van der Waals surface area (Å²) in [5, 5.41) is 5.21. The highest BCUT2D eigenvalue weighted by atomic mass is 35.5. The number of aryl methyl sites for hydroxylation is 1. The number of thiazole rings is 1. The van der Waals surface area contributed by atoms with E-state index >= 15 is 0 Å². The summed E-state index contributed by atoms with van der Waals surface area (Å²) < 4.78 is 8.12. The number of aromatic nitrogens is 3. The largest absolute Gasteiger partial charge is 0.497 e. The zero-order valence-electron chi connectivity index (χ0n) is 18.4. The van der Waals surface area contributed by atoms with E-state index < -0.39 is 0 Å². The van der Waals surface area contributed by atoms with Crippen LogP contribution in [0.4, 0.5) is 5.13 Å². The molecule has 0 bridgehead atoms. The lowest BCUT2D eigenvalue weighted by Gasteiger charge is -2.22. The van der Waals surface area contributed by atoms with E-state index in [0.717, 1.165) is 34.6 Å². The minimum Gasteiger partial charge on any atom is -0.497 e. The van der Waals surface area contributed by atoms with Crippen LogP contribution in [0.25, 0.3) is 10.2 Å². The molecule has 0 saturated carbocycles. The number of methoxy groups -OCH3 is 1. The fourth-order valence-electron chi connectivity index (χ4n) is 3.17. The molecule has 0 aliphatic heterocycles. The van der Waals surface area contributed by atoms with Crippen LogP contribution in [0.2, 0.25) is 0 Å². The van der Waals surface area contributed by atoms with Crippen molar-refractivity contribution in [1.82, 2.24) is 19.7 Å². The Morgan fingerprint density at radius 2 is 1.97 bits per heavy atom. The smallest absolute Gasteiger partial charge is 0.278 e. The molecule has 0 fully saturated rings. The Morgan fingerprint density at radius 3 is 2.60 bits per heavy atom. The number of halogens is 1. The predicted octanol–water partition coefficient (Wildman–Crippen LogP) is 4.41. The summed E-state index contributed by atoms with van der Waals surface area (Å²) in [6, 6.07) is 7.74. The minimum atomic E-state index is -0.0657. The molecule has 2 aromatic heterocycles. The second-order valence-electron chi connectivity index (χ2n) is 7.65. The van der Waals surface area contributed by atoms with E-state index in [0.29, 0.717) is 17.4 Å². The van der Waals surface area contributed by atoms with E-state index in [4.69, 9.17) is 9.72 Å². The number of benzene rings is 1. The normalized spacial score (nSPS) is 11.2. The molecular formula is C21H30ClN5O2S. The molecule has 0 aliphatic rings. The first-order chi connectivity index (χ1) is 13.8. The lowest BCUT2D eigenvalue weighted by Crippen LogP contribution is -2.35. The van der Waals surface area contributed by atoms with Crippen LogP contribution in [-0.2, 0) is 0 Å². The maximum Gasteiger partial charge on any atom is 0.278 e. The molecule has 0 radical (unpaired) electrons. The van der Waals surface area contributed by atoms with E-state index in [9.17, 15) is 4.79 Å². The van der Waals surface area contributed by atoms with Crippen molar-refractivity contribution >= 4 is 45.0 Å². The van der Waals surface area contributed by atoms with Crippen LogP contribution >= 0.6 is 23.7 Å². The van der Waals surface area contributed by atoms with Crippen molar-refractivity contribution in [2.24, 2.45) is 0 Å². The van der Waals surface area contributed by atoms with Gasteiger partial charge in [0, 0.05) is 12.6 Å². The SMILES string of the molecule is COc1ccc2nc(N(CCCN(C)C)C(=O)c3cc(C)nn3C(C)C)sc2c1.Cl. The van der Waals surface area contributed by atoms with Gasteiger partial charge >= 0.3 is 0 Å². The summed E-state index contributed by atoms with van der Waals surface area (Å²) in [5.41, 5.74) is 2.30. The monoisotopic (exact) mass is 451 g/mol. The van der Waals surface area contributed by atoms with Crippen LogP contribution in [0.15, 0.2) is 24.3 Å². The van der Waals surface area contributed by atoms with Crippen molar-refractivity contribution in [3.8, 4) is 5.75 Å². The Labute approximate surface area is 188 Å². The summed E-state index contributed by atoms with van der Waals surface area (Å²) in [5.74, 6) is 0.718. The first kappa shape index (κ1) is 24.1. The van der Waals surface area contributed by atoms with Crippen LogP contribution in [0.3, 0.4) is 0 Å². The maximum absolute atomic E-state index is 13.6. The van der Waals surface area contributed by atoms with Gasteiger partial charge in [-0.25, -0.2) is 4.98 Å². The summed E-state index contributed by atoms with van der Waals surface area (Å²) in [6.07, 6.45) is 0.854. The molecule has 3 aromatic rings. The number of hydrogen-bond acceptors (Lipinski definition) is 6. The lowest BCUT2D eigenvalue weighted by atomic mass is 10.3. The molecule has 9 heteroatoms. The topological polar surface area (TPSA) is 63.5 Å². The number of ether oxygens (including phenoxy) is 1. The molecule has 1 amide bonds. The van der Waals surface area contributed by atoms with Gasteiger partial charge in [-0.1, -0.05) is 11.3 Å². The highest BCUT2D eigenvalue weighted by Crippen LogP contribution is 2.32. The van der Waals surface area contributed by atoms with Crippen molar-refractivity contribution in [3.63, 3.8) is 0 Å². The molecule has 0 unspecified atom stereocenters. The van der Waals surface area contributed by atoms with Crippen molar-refractivity contribution in [2.45, 2.75) is 33.2 Å². The number of fused-ring (bicyclic) bond motifs is 1. The van der Waals surface area contributed by atoms with E-state index in [1.807, 2.05) is 59.1 Å². The maximum atomic E-state index is 13.6. The molecule has 3 rings (SSSR count). The van der Waals surface area contributed by atoms with Crippen LogP contribution in [0.5, 0.6) is 5.75 Å². The van der Waals surface area contributed by atoms with Gasteiger partial charge in [0.25, 0.3) is 5.91 Å². The molecule has 1 aromatic carbocycles. The molecule has 30 heavy (non-hydrogen) atoms. The second kappa shape index (κ2) is 10.2. The number of amides is 1. The fraction of sp³-hybridized carbons (Fsp3) is 0.476. The second-order valence-corrected chi connectivity index (χ2v) is 8.66. The number of nitrogens with zero attached hydrogens (tertiary/aromatic N) is 5. The zero-order chi connectivity index (χ0) is 21.1. The van der Waals surface area contributed by atoms with E-state index in [1.54, 1.807) is 16.7 Å². The highest BCUT2D eigenvalue weighted by Gasteiger charge is 2.25. The quantitative estimate of drug-likeness (QED) is 0.507. The van der Waals surface area contributed by atoms with E-state index in [-0.39, 0.29) is 24.4 Å². The van der Waals surface area contributed by atoms with Gasteiger partial charge in [-0.2, -0.15) is 5.10 Å². The van der Waals surface area contributed by atoms with Crippen molar-refractivity contribution in [2.75, 3.05) is 39.2 Å². The first-order valence-electron chi connectivity index (χ1n) is 9.77. The van der Waals surface area contributed by atoms with Crippen LogP contribution in [-0.4, -0.2) is 59.9 Å². The Morgan fingerprint density at radius 1 is 1.23 bits per heavy atom. The number of anilines is 1. The van der Waals surface area contributed by atoms with Gasteiger partial charge < -0.3 is 9.64 Å². The Kier molecular flexibility index (Phi) is 8.23. The van der Waals surface area contributed by atoms with Crippen molar-refractivity contribution in [1.29, 1.82) is 0 Å². The molecule has 0 saturated heterocycles. The van der Waals surface area contributed by atoms with Gasteiger partial charge in [-0.05, 0) is 72.1 Å². The molecule has 0 aliphatic carbocycles. The Bertz CT molecular complexity index is 999. The third-order valence-corrected chi connectivity index (χ3v) is 5.65. The number of hydrogen-bond donors (Lipinski definition) is 0. The van der Waals surface area contributed by atoms with Gasteiger partial charge in [0.15, 0.2) is 5.13 Å². The average molecular weight is 452 g/mol. The van der Waals surface area contributed by atoms with Gasteiger partial charge in [-0.15, -0.1) is 12.4 Å². The molecule has 0 atom stereocenters. The minimum absolute atomic E-state index is 0. The summed E-state index contributed by atoms with van der Waals surface area (Å²) in [4.78, 5) is 22.2. The van der Waals surface area contributed by atoms with E-state index in [1.165, 1.54) is 11.3 Å².